The number of carbonyl (C=O) groups is 2. The smallest absolute Gasteiger partial charge is 0.236 e. The molecule has 0 aromatic rings. The topological polar surface area (TPSA) is 53.1 Å². The maximum absolute atomic E-state index is 12.6. The average molecular weight is 325 g/mol. The number of carbonyl (C=O) groups excluding carboxylic acids is 2. The van der Waals surface area contributed by atoms with Crippen molar-refractivity contribution in [2.45, 2.75) is 33.1 Å². The summed E-state index contributed by atoms with van der Waals surface area (Å²) in [5.41, 5.74) is 0. The highest BCUT2D eigenvalue weighted by molar-refractivity contribution is 5.79. The minimum atomic E-state index is 0.132. The quantitative estimate of drug-likeness (QED) is 0.751. The summed E-state index contributed by atoms with van der Waals surface area (Å²) < 4.78 is 5.35. The van der Waals surface area contributed by atoms with Gasteiger partial charge >= 0.3 is 0 Å². The predicted octanol–water partition coefficient (Wildman–Crippen LogP) is 0.816. The Hall–Kier alpha value is -1.14. The number of amides is 2. The molecule has 0 N–H and O–H groups in total. The minimum absolute atomic E-state index is 0.132. The molecule has 0 aliphatic carbocycles. The van der Waals surface area contributed by atoms with E-state index in [1.165, 1.54) is 0 Å². The van der Waals surface area contributed by atoms with Crippen molar-refractivity contribution in [1.82, 2.24) is 14.7 Å². The number of likely N-dealkylation sites (N-methyl/N-ethyl adjacent to an activating group) is 1. The Labute approximate surface area is 139 Å². The van der Waals surface area contributed by atoms with E-state index in [1.54, 1.807) is 0 Å². The standard InChI is InChI=1S/C17H31N3O3/c1-3-19(4-2)16(21)14-18-8-5-9-20(11-10-18)17(22)15-6-12-23-13-7-15/h15H,3-14H2,1-2H3. The number of hydrogen-bond acceptors (Lipinski definition) is 4. The average Bonchev–Trinajstić information content (AvgIpc) is 2.82. The van der Waals surface area contributed by atoms with Crippen LogP contribution < -0.4 is 0 Å². The summed E-state index contributed by atoms with van der Waals surface area (Å²) in [5.74, 6) is 0.608. The molecular weight excluding hydrogens is 294 g/mol. The first-order chi connectivity index (χ1) is 11.2. The molecule has 0 spiro atoms. The molecule has 2 fully saturated rings. The molecule has 0 aromatic heterocycles. The zero-order valence-electron chi connectivity index (χ0n) is 14.6. The summed E-state index contributed by atoms with van der Waals surface area (Å²) >= 11 is 0. The van der Waals surface area contributed by atoms with E-state index in [9.17, 15) is 9.59 Å². The highest BCUT2D eigenvalue weighted by Crippen LogP contribution is 2.18. The SMILES string of the molecule is CCN(CC)C(=O)CN1CCCN(C(=O)C2CCOCC2)CC1. The molecule has 2 rings (SSSR count). The van der Waals surface area contributed by atoms with Crippen molar-refractivity contribution in [3.05, 3.63) is 0 Å². The lowest BCUT2D eigenvalue weighted by molar-refractivity contribution is -0.138. The van der Waals surface area contributed by atoms with Crippen LogP contribution in [0.2, 0.25) is 0 Å². The van der Waals surface area contributed by atoms with Crippen molar-refractivity contribution in [3.63, 3.8) is 0 Å². The van der Waals surface area contributed by atoms with Gasteiger partial charge < -0.3 is 14.5 Å². The molecule has 2 amide bonds. The van der Waals surface area contributed by atoms with E-state index in [4.69, 9.17) is 4.74 Å². The molecule has 0 bridgehead atoms. The second-order valence-electron chi connectivity index (χ2n) is 6.41. The lowest BCUT2D eigenvalue weighted by Crippen LogP contribution is -2.43. The zero-order chi connectivity index (χ0) is 16.7. The van der Waals surface area contributed by atoms with Crippen LogP contribution in [0.3, 0.4) is 0 Å². The Morgan fingerprint density at radius 1 is 1.04 bits per heavy atom. The van der Waals surface area contributed by atoms with Crippen molar-refractivity contribution < 1.29 is 14.3 Å². The summed E-state index contributed by atoms with van der Waals surface area (Å²) in [6, 6.07) is 0. The molecule has 6 heteroatoms. The van der Waals surface area contributed by atoms with Gasteiger partial charge in [0.1, 0.15) is 0 Å². The summed E-state index contributed by atoms with van der Waals surface area (Å²) in [4.78, 5) is 30.9. The lowest BCUT2D eigenvalue weighted by Gasteiger charge is -2.28. The molecule has 0 unspecified atom stereocenters. The molecule has 132 valence electrons. The van der Waals surface area contributed by atoms with Crippen LogP contribution in [0.25, 0.3) is 0 Å². The third-order valence-electron chi connectivity index (χ3n) is 4.95. The Kier molecular flexibility index (Phi) is 7.30. The molecule has 2 heterocycles. The number of ether oxygens (including phenoxy) is 1. The normalized spacial score (nSPS) is 21.0. The van der Waals surface area contributed by atoms with Crippen LogP contribution >= 0.6 is 0 Å². The second-order valence-corrected chi connectivity index (χ2v) is 6.41. The van der Waals surface area contributed by atoms with Gasteiger partial charge in [0.05, 0.1) is 6.54 Å². The molecule has 0 atom stereocenters. The molecule has 2 saturated heterocycles. The van der Waals surface area contributed by atoms with E-state index in [1.807, 2.05) is 23.6 Å². The summed E-state index contributed by atoms with van der Waals surface area (Å²) in [7, 11) is 0. The van der Waals surface area contributed by atoms with Crippen LogP contribution in [0.4, 0.5) is 0 Å². The Balaban J connectivity index is 1.82. The molecule has 23 heavy (non-hydrogen) atoms. The van der Waals surface area contributed by atoms with E-state index >= 15 is 0 Å². The number of rotatable bonds is 5. The number of nitrogens with zero attached hydrogens (tertiary/aromatic N) is 3. The molecule has 0 radical (unpaired) electrons. The van der Waals surface area contributed by atoms with Gasteiger partial charge in [0, 0.05) is 58.4 Å². The van der Waals surface area contributed by atoms with Gasteiger partial charge in [-0.1, -0.05) is 0 Å². The van der Waals surface area contributed by atoms with Crippen LogP contribution in [-0.4, -0.2) is 85.5 Å². The van der Waals surface area contributed by atoms with E-state index in [2.05, 4.69) is 4.90 Å². The van der Waals surface area contributed by atoms with Gasteiger partial charge in [-0.25, -0.2) is 0 Å². The summed E-state index contributed by atoms with van der Waals surface area (Å²) in [6.07, 6.45) is 2.64. The van der Waals surface area contributed by atoms with Crippen molar-refractivity contribution >= 4 is 11.8 Å². The third-order valence-corrected chi connectivity index (χ3v) is 4.95. The molecule has 0 aromatic carbocycles. The number of hydrogen-bond donors (Lipinski definition) is 0. The maximum Gasteiger partial charge on any atom is 0.236 e. The largest absolute Gasteiger partial charge is 0.381 e. The zero-order valence-corrected chi connectivity index (χ0v) is 14.6. The fraction of sp³-hybridized carbons (Fsp3) is 0.882. The van der Waals surface area contributed by atoms with Gasteiger partial charge in [-0.2, -0.15) is 0 Å². The van der Waals surface area contributed by atoms with E-state index < -0.39 is 0 Å². The van der Waals surface area contributed by atoms with Crippen LogP contribution in [-0.2, 0) is 14.3 Å². The Bertz CT molecular complexity index is 393. The first kappa shape index (κ1) is 18.2. The molecule has 2 aliphatic rings. The molecule has 6 nitrogen and oxygen atoms in total. The van der Waals surface area contributed by atoms with E-state index in [0.717, 1.165) is 58.5 Å². The van der Waals surface area contributed by atoms with Crippen LogP contribution in [0.5, 0.6) is 0 Å². The van der Waals surface area contributed by atoms with Gasteiger partial charge in [-0.15, -0.1) is 0 Å². The molecule has 2 aliphatic heterocycles. The van der Waals surface area contributed by atoms with Crippen molar-refractivity contribution in [2.75, 3.05) is 59.0 Å². The van der Waals surface area contributed by atoms with E-state index in [-0.39, 0.29) is 17.7 Å². The van der Waals surface area contributed by atoms with Gasteiger partial charge in [-0.3, -0.25) is 14.5 Å². The van der Waals surface area contributed by atoms with Crippen molar-refractivity contribution in [2.24, 2.45) is 5.92 Å². The van der Waals surface area contributed by atoms with Gasteiger partial charge in [0.25, 0.3) is 0 Å². The van der Waals surface area contributed by atoms with Crippen LogP contribution in [0.1, 0.15) is 33.1 Å². The van der Waals surface area contributed by atoms with E-state index in [0.29, 0.717) is 19.8 Å². The van der Waals surface area contributed by atoms with Crippen LogP contribution in [0.15, 0.2) is 0 Å². The monoisotopic (exact) mass is 325 g/mol. The third kappa shape index (κ3) is 5.18. The Morgan fingerprint density at radius 2 is 1.74 bits per heavy atom. The van der Waals surface area contributed by atoms with Gasteiger partial charge in [-0.05, 0) is 33.1 Å². The second kappa shape index (κ2) is 9.23. The highest BCUT2D eigenvalue weighted by Gasteiger charge is 2.28. The summed E-state index contributed by atoms with van der Waals surface area (Å²) in [6.45, 7) is 10.7. The maximum atomic E-state index is 12.6. The van der Waals surface area contributed by atoms with Crippen molar-refractivity contribution in [3.8, 4) is 0 Å². The molecular formula is C17H31N3O3. The fourth-order valence-corrected chi connectivity index (χ4v) is 3.42. The minimum Gasteiger partial charge on any atom is -0.381 e. The Morgan fingerprint density at radius 3 is 2.39 bits per heavy atom. The predicted molar refractivity (Wildman–Crippen MR) is 89.1 cm³/mol. The summed E-state index contributed by atoms with van der Waals surface area (Å²) in [5, 5.41) is 0. The van der Waals surface area contributed by atoms with Gasteiger partial charge in [0.15, 0.2) is 0 Å². The van der Waals surface area contributed by atoms with Crippen molar-refractivity contribution in [1.29, 1.82) is 0 Å². The fourth-order valence-electron chi connectivity index (χ4n) is 3.42. The van der Waals surface area contributed by atoms with Crippen LogP contribution in [0, 0.1) is 5.92 Å². The van der Waals surface area contributed by atoms with Gasteiger partial charge in [0.2, 0.25) is 11.8 Å². The first-order valence-corrected chi connectivity index (χ1v) is 9.02. The lowest BCUT2D eigenvalue weighted by atomic mass is 9.98. The highest BCUT2D eigenvalue weighted by atomic mass is 16.5. The first-order valence-electron chi connectivity index (χ1n) is 9.02. The molecule has 0 saturated carbocycles.